The summed E-state index contributed by atoms with van der Waals surface area (Å²) in [6.07, 6.45) is 3.09. The molecule has 31 heavy (non-hydrogen) atoms. The number of ether oxygens (including phenoxy) is 2. The van der Waals surface area contributed by atoms with Gasteiger partial charge in [0.25, 0.3) is 0 Å². The first-order valence-corrected chi connectivity index (χ1v) is 10.2. The summed E-state index contributed by atoms with van der Waals surface area (Å²) in [5.41, 5.74) is 1.41. The monoisotopic (exact) mass is 440 g/mol. The van der Waals surface area contributed by atoms with Crippen LogP contribution in [0.1, 0.15) is 46.3 Å². The Morgan fingerprint density at radius 1 is 1.06 bits per heavy atom. The van der Waals surface area contributed by atoms with Crippen LogP contribution in [0.15, 0.2) is 71.2 Å². The van der Waals surface area contributed by atoms with E-state index in [1.165, 1.54) is 6.07 Å². The molecule has 3 aromatic rings. The number of para-hydroxylation sites is 1. The minimum absolute atomic E-state index is 0.0859. The fraction of sp³-hybridized carbons (Fsp3) is 0.208. The third-order valence-corrected chi connectivity index (χ3v) is 5.47. The van der Waals surface area contributed by atoms with Gasteiger partial charge in [0.15, 0.2) is 6.29 Å². The number of phenols is 1. The summed E-state index contributed by atoms with van der Waals surface area (Å²) in [6.45, 7) is 0.387. The van der Waals surface area contributed by atoms with Gasteiger partial charge in [-0.25, -0.2) is 4.79 Å². The first-order chi connectivity index (χ1) is 15.0. The Labute approximate surface area is 184 Å². The van der Waals surface area contributed by atoms with Crippen molar-refractivity contribution in [1.82, 2.24) is 0 Å². The number of rotatable bonds is 6. The molecule has 6 nitrogen and oxygen atoms in total. The molecule has 1 aliphatic heterocycles. The number of aromatic carboxylic acids is 1. The van der Waals surface area contributed by atoms with Crippen LogP contribution in [-0.2, 0) is 9.47 Å². The molecule has 3 atom stereocenters. The zero-order valence-corrected chi connectivity index (χ0v) is 17.2. The molecule has 160 valence electrons. The van der Waals surface area contributed by atoms with Crippen LogP contribution in [0.4, 0.5) is 0 Å². The van der Waals surface area contributed by atoms with Crippen molar-refractivity contribution in [3.05, 3.63) is 94.4 Å². The highest BCUT2D eigenvalue weighted by molar-refractivity contribution is 6.31. The molecule has 2 N–H and O–H groups in total. The second kappa shape index (κ2) is 9.39. The van der Waals surface area contributed by atoms with E-state index < -0.39 is 18.4 Å². The number of carboxylic acids is 1. The predicted octanol–water partition coefficient (Wildman–Crippen LogP) is 5.84. The quantitative estimate of drug-likeness (QED) is 0.500. The molecule has 0 aliphatic carbocycles. The maximum atomic E-state index is 11.0. The first kappa shape index (κ1) is 21.2. The van der Waals surface area contributed by atoms with E-state index >= 15 is 0 Å². The minimum atomic E-state index is -1.11. The summed E-state index contributed by atoms with van der Waals surface area (Å²) in [5, 5.41) is 19.9. The smallest absolute Gasteiger partial charge is 0.371 e. The number of phenolic OH excluding ortho intramolecular Hbond substituents is 1. The summed E-state index contributed by atoms with van der Waals surface area (Å²) in [4.78, 5) is 11.0. The molecule has 2 aromatic carbocycles. The lowest BCUT2D eigenvalue weighted by molar-refractivity contribution is -0.244. The molecule has 0 amide bonds. The number of hydrogen-bond donors (Lipinski definition) is 2. The molecular weight excluding hydrogens is 420 g/mol. The molecular formula is C24H21ClO6. The van der Waals surface area contributed by atoms with Gasteiger partial charge in [-0.05, 0) is 36.8 Å². The zero-order chi connectivity index (χ0) is 21.8. The number of carbonyl (C=O) groups is 1. The average molecular weight is 441 g/mol. The molecule has 1 aliphatic rings. The molecule has 0 radical (unpaired) electrons. The summed E-state index contributed by atoms with van der Waals surface area (Å²) in [5.74, 6) is -0.712. The van der Waals surface area contributed by atoms with Gasteiger partial charge in [0.05, 0.1) is 12.7 Å². The van der Waals surface area contributed by atoms with Gasteiger partial charge in [-0.3, -0.25) is 0 Å². The van der Waals surface area contributed by atoms with Gasteiger partial charge < -0.3 is 24.1 Å². The normalized spacial score (nSPS) is 21.4. The lowest BCUT2D eigenvalue weighted by Gasteiger charge is -2.37. The Hall–Kier alpha value is -3.06. The van der Waals surface area contributed by atoms with E-state index in [4.69, 9.17) is 30.6 Å². The van der Waals surface area contributed by atoms with Gasteiger partial charge in [0.2, 0.25) is 5.76 Å². The Morgan fingerprint density at radius 2 is 1.81 bits per heavy atom. The molecule has 3 unspecified atom stereocenters. The summed E-state index contributed by atoms with van der Waals surface area (Å²) >= 11 is 6.32. The number of halogens is 1. The van der Waals surface area contributed by atoms with Crippen molar-refractivity contribution in [3.8, 4) is 5.75 Å². The third kappa shape index (κ3) is 4.82. The highest BCUT2D eigenvalue weighted by Crippen LogP contribution is 2.43. The molecule has 0 bridgehead atoms. The summed E-state index contributed by atoms with van der Waals surface area (Å²) in [7, 11) is 0. The van der Waals surface area contributed by atoms with E-state index in [9.17, 15) is 9.90 Å². The largest absolute Gasteiger partial charge is 0.508 e. The molecule has 0 saturated carbocycles. The molecule has 2 heterocycles. The SMILES string of the molecule is O=C(O)c1ccc(C=CCC2COC(c3ccccc3Cl)OC2c2ccccc2O)o1. The van der Waals surface area contributed by atoms with Crippen LogP contribution in [0, 0.1) is 5.92 Å². The average Bonchev–Trinajstić information content (AvgIpc) is 3.24. The Bertz CT molecular complexity index is 1090. The maximum Gasteiger partial charge on any atom is 0.371 e. The van der Waals surface area contributed by atoms with E-state index in [1.54, 1.807) is 30.3 Å². The van der Waals surface area contributed by atoms with E-state index in [1.807, 2.05) is 36.4 Å². The second-order valence-corrected chi connectivity index (χ2v) is 7.61. The van der Waals surface area contributed by atoms with Crippen molar-refractivity contribution in [2.24, 2.45) is 5.92 Å². The molecule has 1 fully saturated rings. The highest BCUT2D eigenvalue weighted by atomic mass is 35.5. The lowest BCUT2D eigenvalue weighted by Crippen LogP contribution is -2.30. The molecule has 4 rings (SSSR count). The van der Waals surface area contributed by atoms with Crippen LogP contribution in [0.25, 0.3) is 6.08 Å². The molecule has 1 saturated heterocycles. The van der Waals surface area contributed by atoms with Crippen molar-refractivity contribution in [2.75, 3.05) is 6.61 Å². The molecule has 7 heteroatoms. The number of carboxylic acid groups (broad SMARTS) is 1. The van der Waals surface area contributed by atoms with Crippen LogP contribution < -0.4 is 0 Å². The van der Waals surface area contributed by atoms with E-state index in [0.717, 1.165) is 5.56 Å². The molecule has 1 aromatic heterocycles. The van der Waals surface area contributed by atoms with Crippen LogP contribution in [0.5, 0.6) is 5.75 Å². The van der Waals surface area contributed by atoms with E-state index in [-0.39, 0.29) is 17.4 Å². The second-order valence-electron chi connectivity index (χ2n) is 7.21. The topological polar surface area (TPSA) is 89.1 Å². The minimum Gasteiger partial charge on any atom is -0.508 e. The third-order valence-electron chi connectivity index (χ3n) is 5.12. The van der Waals surface area contributed by atoms with E-state index in [0.29, 0.717) is 29.4 Å². The summed E-state index contributed by atoms with van der Waals surface area (Å²) in [6, 6.07) is 17.4. The van der Waals surface area contributed by atoms with Crippen LogP contribution in [0.2, 0.25) is 5.02 Å². The summed E-state index contributed by atoms with van der Waals surface area (Å²) < 4.78 is 17.5. The van der Waals surface area contributed by atoms with E-state index in [2.05, 4.69) is 0 Å². The van der Waals surface area contributed by atoms with Gasteiger partial charge in [-0.1, -0.05) is 54.1 Å². The zero-order valence-electron chi connectivity index (χ0n) is 16.5. The van der Waals surface area contributed by atoms with Gasteiger partial charge in [-0.15, -0.1) is 0 Å². The van der Waals surface area contributed by atoms with Crippen molar-refractivity contribution in [2.45, 2.75) is 18.8 Å². The molecule has 0 spiro atoms. The van der Waals surface area contributed by atoms with Crippen molar-refractivity contribution >= 4 is 23.6 Å². The standard InChI is InChI=1S/C24H21ClO6/c25-19-10-3-1-8-17(19)24-29-14-15(22(31-24)18-9-2-4-11-20(18)26)6-5-7-16-12-13-21(30-16)23(27)28/h1-5,7-13,15,22,24,26H,6,14H2,(H,27,28). The number of aromatic hydroxyl groups is 1. The Balaban J connectivity index is 1.54. The van der Waals surface area contributed by atoms with Crippen molar-refractivity contribution in [1.29, 1.82) is 0 Å². The predicted molar refractivity (Wildman–Crippen MR) is 115 cm³/mol. The van der Waals surface area contributed by atoms with Crippen molar-refractivity contribution < 1.29 is 28.9 Å². The number of allylic oxidation sites excluding steroid dienone is 1. The fourth-order valence-corrected chi connectivity index (χ4v) is 3.80. The fourth-order valence-electron chi connectivity index (χ4n) is 3.57. The lowest BCUT2D eigenvalue weighted by atomic mass is 9.91. The number of benzene rings is 2. The van der Waals surface area contributed by atoms with Crippen molar-refractivity contribution in [3.63, 3.8) is 0 Å². The Kier molecular flexibility index (Phi) is 6.42. The van der Waals surface area contributed by atoms with Crippen LogP contribution in [0.3, 0.4) is 0 Å². The van der Waals surface area contributed by atoms with Crippen LogP contribution in [-0.4, -0.2) is 22.8 Å². The van der Waals surface area contributed by atoms with Gasteiger partial charge in [0, 0.05) is 22.1 Å². The van der Waals surface area contributed by atoms with Gasteiger partial charge >= 0.3 is 5.97 Å². The number of hydrogen-bond acceptors (Lipinski definition) is 5. The van der Waals surface area contributed by atoms with Gasteiger partial charge in [-0.2, -0.15) is 0 Å². The maximum absolute atomic E-state index is 11.0. The van der Waals surface area contributed by atoms with Crippen LogP contribution >= 0.6 is 11.6 Å². The number of furan rings is 1. The van der Waals surface area contributed by atoms with Gasteiger partial charge in [0.1, 0.15) is 11.5 Å². The Morgan fingerprint density at radius 3 is 2.52 bits per heavy atom. The first-order valence-electron chi connectivity index (χ1n) is 9.82. The highest BCUT2D eigenvalue weighted by Gasteiger charge is 2.35.